The number of hydrogen-bond donors (Lipinski definition) is 2. The third kappa shape index (κ3) is 5.31. The molecule has 0 aliphatic rings. The predicted octanol–water partition coefficient (Wildman–Crippen LogP) is 0.721. The van der Waals surface area contributed by atoms with E-state index in [2.05, 4.69) is 53.0 Å². The maximum Gasteiger partial charge on any atom is 0.323 e. The molecule has 3 N–H and O–H groups in total. The molecule has 8 heteroatoms. The first-order chi connectivity index (χ1) is 9.85. The smallest absolute Gasteiger partial charge is 0.323 e. The standard InChI is InChI=1S/C13H27N7O/c1-9(2)20(10(3)4)7-8-21-13-16-11(18-14)15-12(17-13)19(5)6/h9-10H,7-8,14H2,1-6H3,(H,15,16,17,18). The Balaban J connectivity index is 2.68. The van der Waals surface area contributed by atoms with Gasteiger partial charge in [-0.3, -0.25) is 10.3 Å². The lowest BCUT2D eigenvalue weighted by Gasteiger charge is -2.30. The summed E-state index contributed by atoms with van der Waals surface area (Å²) < 4.78 is 5.64. The van der Waals surface area contributed by atoms with Crippen molar-refractivity contribution >= 4 is 11.9 Å². The zero-order chi connectivity index (χ0) is 16.0. The Morgan fingerprint density at radius 1 is 1.10 bits per heavy atom. The van der Waals surface area contributed by atoms with Gasteiger partial charge in [0.2, 0.25) is 11.9 Å². The van der Waals surface area contributed by atoms with Crippen LogP contribution in [0.4, 0.5) is 11.9 Å². The minimum Gasteiger partial charge on any atom is -0.462 e. The van der Waals surface area contributed by atoms with Crippen LogP contribution in [-0.4, -0.2) is 59.2 Å². The first kappa shape index (κ1) is 17.4. The molecule has 0 bridgehead atoms. The number of rotatable bonds is 8. The van der Waals surface area contributed by atoms with Gasteiger partial charge in [0.05, 0.1) is 0 Å². The highest BCUT2D eigenvalue weighted by Crippen LogP contribution is 2.12. The van der Waals surface area contributed by atoms with Gasteiger partial charge in [-0.05, 0) is 27.7 Å². The normalized spacial score (nSPS) is 11.3. The van der Waals surface area contributed by atoms with Gasteiger partial charge in [-0.15, -0.1) is 0 Å². The van der Waals surface area contributed by atoms with Gasteiger partial charge in [0.1, 0.15) is 6.61 Å². The van der Waals surface area contributed by atoms with Gasteiger partial charge in [0, 0.05) is 32.7 Å². The van der Waals surface area contributed by atoms with E-state index in [1.807, 2.05) is 14.1 Å². The van der Waals surface area contributed by atoms with E-state index in [0.29, 0.717) is 24.6 Å². The molecule has 0 amide bonds. The SMILES string of the molecule is CC(C)N(CCOc1nc(NN)nc(N(C)C)n1)C(C)C. The van der Waals surface area contributed by atoms with Crippen LogP contribution in [0.15, 0.2) is 0 Å². The van der Waals surface area contributed by atoms with Crippen molar-refractivity contribution < 1.29 is 4.74 Å². The Labute approximate surface area is 126 Å². The molecule has 1 heterocycles. The van der Waals surface area contributed by atoms with Gasteiger partial charge in [0.15, 0.2) is 0 Å². The van der Waals surface area contributed by atoms with Crippen molar-refractivity contribution in [1.29, 1.82) is 0 Å². The maximum atomic E-state index is 5.64. The highest BCUT2D eigenvalue weighted by atomic mass is 16.5. The van der Waals surface area contributed by atoms with Crippen molar-refractivity contribution in [3.8, 4) is 6.01 Å². The zero-order valence-corrected chi connectivity index (χ0v) is 13.8. The molecule has 8 nitrogen and oxygen atoms in total. The molecule has 1 aromatic heterocycles. The number of nitrogen functional groups attached to an aromatic ring is 1. The minimum absolute atomic E-state index is 0.272. The van der Waals surface area contributed by atoms with Crippen molar-refractivity contribution in [1.82, 2.24) is 19.9 Å². The van der Waals surface area contributed by atoms with Gasteiger partial charge in [-0.2, -0.15) is 15.0 Å². The Bertz CT molecular complexity index is 429. The summed E-state index contributed by atoms with van der Waals surface area (Å²) in [4.78, 5) is 16.6. The second-order valence-electron chi connectivity index (χ2n) is 5.55. The summed E-state index contributed by atoms with van der Waals surface area (Å²) in [6.07, 6.45) is 0. The van der Waals surface area contributed by atoms with Crippen LogP contribution in [0.25, 0.3) is 0 Å². The van der Waals surface area contributed by atoms with E-state index in [-0.39, 0.29) is 12.0 Å². The number of aromatic nitrogens is 3. The number of hydrogen-bond acceptors (Lipinski definition) is 8. The minimum atomic E-state index is 0.272. The molecule has 21 heavy (non-hydrogen) atoms. The van der Waals surface area contributed by atoms with Crippen molar-refractivity contribution in [3.63, 3.8) is 0 Å². The molecule has 1 rings (SSSR count). The molecule has 0 saturated heterocycles. The molecule has 0 saturated carbocycles. The topological polar surface area (TPSA) is 92.4 Å². The number of ether oxygens (including phenoxy) is 1. The predicted molar refractivity (Wildman–Crippen MR) is 84.4 cm³/mol. The van der Waals surface area contributed by atoms with Crippen LogP contribution in [0.1, 0.15) is 27.7 Å². The molecule has 0 unspecified atom stereocenters. The van der Waals surface area contributed by atoms with Crippen LogP contribution in [0.2, 0.25) is 0 Å². The van der Waals surface area contributed by atoms with Crippen LogP contribution < -0.4 is 20.9 Å². The third-order valence-electron chi connectivity index (χ3n) is 3.04. The molecule has 1 aromatic rings. The quantitative estimate of drug-likeness (QED) is 0.535. The fraction of sp³-hybridized carbons (Fsp3) is 0.769. The van der Waals surface area contributed by atoms with E-state index in [4.69, 9.17) is 10.6 Å². The van der Waals surface area contributed by atoms with E-state index in [1.54, 1.807) is 4.90 Å². The Morgan fingerprint density at radius 3 is 2.19 bits per heavy atom. The largest absolute Gasteiger partial charge is 0.462 e. The first-order valence-electron chi connectivity index (χ1n) is 7.13. The van der Waals surface area contributed by atoms with Crippen molar-refractivity contribution in [2.75, 3.05) is 37.6 Å². The molecule has 0 aromatic carbocycles. The Kier molecular flexibility index (Phi) is 6.57. The summed E-state index contributed by atoms with van der Waals surface area (Å²) in [5.74, 6) is 6.14. The number of anilines is 2. The Hall–Kier alpha value is -1.67. The fourth-order valence-electron chi connectivity index (χ4n) is 2.03. The van der Waals surface area contributed by atoms with Gasteiger partial charge in [-0.25, -0.2) is 5.84 Å². The molecule has 0 spiro atoms. The van der Waals surface area contributed by atoms with Crippen molar-refractivity contribution in [2.24, 2.45) is 5.84 Å². The van der Waals surface area contributed by atoms with Crippen LogP contribution in [0, 0.1) is 0 Å². The summed E-state index contributed by atoms with van der Waals surface area (Å²) in [5, 5.41) is 0. The average Bonchev–Trinajstić information content (AvgIpc) is 2.42. The van der Waals surface area contributed by atoms with E-state index < -0.39 is 0 Å². The first-order valence-corrected chi connectivity index (χ1v) is 7.13. The molecule has 0 atom stereocenters. The summed E-state index contributed by atoms with van der Waals surface area (Å²) >= 11 is 0. The second kappa shape index (κ2) is 7.94. The number of nitrogens with one attached hydrogen (secondary N) is 1. The van der Waals surface area contributed by atoms with E-state index in [0.717, 1.165) is 6.54 Å². The highest BCUT2D eigenvalue weighted by Gasteiger charge is 2.14. The van der Waals surface area contributed by atoms with Crippen LogP contribution in [-0.2, 0) is 0 Å². The second-order valence-corrected chi connectivity index (χ2v) is 5.55. The van der Waals surface area contributed by atoms with Gasteiger partial charge >= 0.3 is 6.01 Å². The average molecular weight is 297 g/mol. The van der Waals surface area contributed by atoms with E-state index in [9.17, 15) is 0 Å². The lowest BCUT2D eigenvalue weighted by atomic mass is 10.2. The van der Waals surface area contributed by atoms with Crippen molar-refractivity contribution in [2.45, 2.75) is 39.8 Å². The van der Waals surface area contributed by atoms with Crippen molar-refractivity contribution in [3.05, 3.63) is 0 Å². The van der Waals surface area contributed by atoms with E-state index in [1.165, 1.54) is 0 Å². The molecular formula is C13H27N7O. The summed E-state index contributed by atoms with van der Waals surface area (Å²) in [6, 6.07) is 1.20. The monoisotopic (exact) mass is 297 g/mol. The number of nitrogens with zero attached hydrogens (tertiary/aromatic N) is 5. The lowest BCUT2D eigenvalue weighted by Crippen LogP contribution is -2.39. The molecular weight excluding hydrogens is 270 g/mol. The highest BCUT2D eigenvalue weighted by molar-refractivity contribution is 5.35. The zero-order valence-electron chi connectivity index (χ0n) is 13.8. The summed E-state index contributed by atoms with van der Waals surface area (Å²) in [7, 11) is 3.69. The number of nitrogens with two attached hydrogens (primary N) is 1. The Morgan fingerprint density at radius 2 is 1.71 bits per heavy atom. The lowest BCUT2D eigenvalue weighted by molar-refractivity contribution is 0.138. The summed E-state index contributed by atoms with van der Waals surface area (Å²) in [6.45, 7) is 10.0. The third-order valence-corrected chi connectivity index (χ3v) is 3.04. The number of hydrazine groups is 1. The van der Waals surface area contributed by atoms with E-state index >= 15 is 0 Å². The molecule has 120 valence electrons. The fourth-order valence-corrected chi connectivity index (χ4v) is 2.03. The molecule has 0 radical (unpaired) electrons. The van der Waals surface area contributed by atoms with Gasteiger partial charge in [-0.1, -0.05) is 0 Å². The molecule has 0 aliphatic heterocycles. The molecule has 0 aliphatic carbocycles. The van der Waals surface area contributed by atoms with Crippen LogP contribution in [0.3, 0.4) is 0 Å². The van der Waals surface area contributed by atoms with Gasteiger partial charge in [0.25, 0.3) is 0 Å². The van der Waals surface area contributed by atoms with Gasteiger partial charge < -0.3 is 9.64 Å². The maximum absolute atomic E-state index is 5.64. The summed E-state index contributed by atoms with van der Waals surface area (Å²) in [5.41, 5.74) is 2.42. The molecule has 0 fully saturated rings. The van der Waals surface area contributed by atoms with Crippen LogP contribution >= 0.6 is 0 Å². The van der Waals surface area contributed by atoms with Crippen LogP contribution in [0.5, 0.6) is 6.01 Å².